The van der Waals surface area contributed by atoms with Crippen molar-refractivity contribution in [3.05, 3.63) is 63.9 Å². The van der Waals surface area contributed by atoms with Gasteiger partial charge < -0.3 is 10.4 Å². The number of phenols is 1. The third-order valence-electron chi connectivity index (χ3n) is 3.17. The molecule has 0 aliphatic rings. The minimum absolute atomic E-state index is 0.214. The number of para-hydroxylation sites is 1. The molecule has 0 saturated heterocycles. The molecule has 0 aromatic heterocycles. The van der Waals surface area contributed by atoms with Crippen molar-refractivity contribution in [2.24, 2.45) is 0 Å². The third-order valence-corrected chi connectivity index (χ3v) is 3.81. The molecule has 1 unspecified atom stereocenters. The summed E-state index contributed by atoms with van der Waals surface area (Å²) in [6.45, 7) is 2.66. The lowest BCUT2D eigenvalue weighted by Gasteiger charge is -2.15. The molecule has 0 bridgehead atoms. The van der Waals surface area contributed by atoms with Crippen LogP contribution in [0.3, 0.4) is 0 Å². The van der Waals surface area contributed by atoms with Gasteiger partial charge in [0, 0.05) is 18.2 Å². The van der Waals surface area contributed by atoms with Crippen molar-refractivity contribution in [3.63, 3.8) is 0 Å². The van der Waals surface area contributed by atoms with Gasteiger partial charge in [0.25, 0.3) is 0 Å². The van der Waals surface area contributed by atoms with Crippen LogP contribution in [-0.2, 0) is 13.0 Å². The molecule has 2 N–H and O–H groups in total. The van der Waals surface area contributed by atoms with Crippen LogP contribution in [0, 0.1) is 5.82 Å². The van der Waals surface area contributed by atoms with E-state index in [1.165, 1.54) is 12.1 Å². The molecular formula is C16H17BrFNO. The molecule has 0 radical (unpaired) electrons. The fourth-order valence-corrected chi connectivity index (χ4v) is 2.44. The van der Waals surface area contributed by atoms with Gasteiger partial charge in [-0.2, -0.15) is 0 Å². The van der Waals surface area contributed by atoms with Gasteiger partial charge in [-0.1, -0.05) is 24.3 Å². The van der Waals surface area contributed by atoms with Gasteiger partial charge >= 0.3 is 0 Å². The number of phenolic OH excluding ortho intramolecular Hbond substituents is 1. The van der Waals surface area contributed by atoms with E-state index in [0.717, 1.165) is 17.5 Å². The molecule has 2 aromatic carbocycles. The maximum absolute atomic E-state index is 12.8. The predicted molar refractivity (Wildman–Crippen MR) is 82.2 cm³/mol. The van der Waals surface area contributed by atoms with E-state index in [4.69, 9.17) is 0 Å². The van der Waals surface area contributed by atoms with Crippen LogP contribution in [0.15, 0.2) is 46.9 Å². The third kappa shape index (κ3) is 4.05. The minimum atomic E-state index is -0.214. The van der Waals surface area contributed by atoms with Crippen molar-refractivity contribution in [2.45, 2.75) is 25.9 Å². The smallest absolute Gasteiger partial charge is 0.134 e. The van der Waals surface area contributed by atoms with Crippen LogP contribution in [0.25, 0.3) is 0 Å². The number of hydrogen-bond acceptors (Lipinski definition) is 2. The number of halogens is 2. The van der Waals surface area contributed by atoms with E-state index in [9.17, 15) is 9.50 Å². The first-order valence-electron chi connectivity index (χ1n) is 6.50. The highest BCUT2D eigenvalue weighted by atomic mass is 79.9. The highest BCUT2D eigenvalue weighted by Crippen LogP contribution is 2.27. The molecule has 0 aliphatic heterocycles. The van der Waals surface area contributed by atoms with Crippen molar-refractivity contribution in [1.82, 2.24) is 5.32 Å². The monoisotopic (exact) mass is 337 g/mol. The molecule has 2 nitrogen and oxygen atoms in total. The molecular weight excluding hydrogens is 321 g/mol. The summed E-state index contributed by atoms with van der Waals surface area (Å²) in [6.07, 6.45) is 0.815. The lowest BCUT2D eigenvalue weighted by Crippen LogP contribution is -2.27. The topological polar surface area (TPSA) is 32.3 Å². The van der Waals surface area contributed by atoms with E-state index in [1.54, 1.807) is 18.2 Å². The van der Waals surface area contributed by atoms with Crippen molar-refractivity contribution in [2.75, 3.05) is 0 Å². The Balaban J connectivity index is 1.90. The Morgan fingerprint density at radius 3 is 2.60 bits per heavy atom. The second-order valence-electron chi connectivity index (χ2n) is 4.86. The van der Waals surface area contributed by atoms with Crippen LogP contribution in [-0.4, -0.2) is 11.1 Å². The Morgan fingerprint density at radius 1 is 1.20 bits per heavy atom. The van der Waals surface area contributed by atoms with Gasteiger partial charge in [-0.3, -0.25) is 0 Å². The molecule has 20 heavy (non-hydrogen) atoms. The lowest BCUT2D eigenvalue weighted by molar-refractivity contribution is 0.455. The summed E-state index contributed by atoms with van der Waals surface area (Å²) in [5, 5.41) is 13.3. The number of benzene rings is 2. The summed E-state index contributed by atoms with van der Waals surface area (Å²) in [7, 11) is 0. The zero-order chi connectivity index (χ0) is 14.5. The largest absolute Gasteiger partial charge is 0.506 e. The predicted octanol–water partition coefficient (Wildman–Crippen LogP) is 4.01. The maximum atomic E-state index is 12.8. The average Bonchev–Trinajstić information content (AvgIpc) is 2.43. The van der Waals surface area contributed by atoms with Gasteiger partial charge in [0.2, 0.25) is 0 Å². The Hall–Kier alpha value is -1.39. The Labute approximate surface area is 126 Å². The molecule has 2 aromatic rings. The first-order chi connectivity index (χ1) is 9.56. The summed E-state index contributed by atoms with van der Waals surface area (Å²) >= 11 is 3.30. The summed E-state index contributed by atoms with van der Waals surface area (Å²) in [5.41, 5.74) is 1.94. The first kappa shape index (κ1) is 15.0. The van der Waals surface area contributed by atoms with Crippen molar-refractivity contribution in [3.8, 4) is 5.75 Å². The van der Waals surface area contributed by atoms with Gasteiger partial charge in [-0.25, -0.2) is 4.39 Å². The molecule has 0 saturated carbocycles. The van der Waals surface area contributed by atoms with Gasteiger partial charge in [-0.05, 0) is 53.0 Å². The Bertz CT molecular complexity index is 571. The quantitative estimate of drug-likeness (QED) is 0.863. The highest BCUT2D eigenvalue weighted by Gasteiger charge is 2.07. The zero-order valence-corrected chi connectivity index (χ0v) is 12.8. The van der Waals surface area contributed by atoms with Crippen LogP contribution in [0.4, 0.5) is 4.39 Å². The molecule has 106 valence electrons. The van der Waals surface area contributed by atoms with E-state index in [1.807, 2.05) is 12.1 Å². The molecule has 0 heterocycles. The molecule has 0 fully saturated rings. The van der Waals surface area contributed by atoms with Crippen molar-refractivity contribution >= 4 is 15.9 Å². The van der Waals surface area contributed by atoms with Crippen LogP contribution < -0.4 is 5.32 Å². The van der Waals surface area contributed by atoms with E-state index in [0.29, 0.717) is 11.0 Å². The highest BCUT2D eigenvalue weighted by molar-refractivity contribution is 9.10. The number of hydrogen-bond donors (Lipinski definition) is 2. The summed E-state index contributed by atoms with van der Waals surface area (Å²) in [5.74, 6) is 0.0578. The van der Waals surface area contributed by atoms with Gasteiger partial charge in [0.15, 0.2) is 0 Å². The first-order valence-corrected chi connectivity index (χ1v) is 7.29. The molecule has 4 heteroatoms. The molecule has 1 atom stereocenters. The van der Waals surface area contributed by atoms with Crippen LogP contribution in [0.1, 0.15) is 18.1 Å². The average molecular weight is 338 g/mol. The maximum Gasteiger partial charge on any atom is 0.134 e. The molecule has 0 spiro atoms. The number of nitrogens with one attached hydrogen (secondary N) is 1. The summed E-state index contributed by atoms with van der Waals surface area (Å²) in [4.78, 5) is 0. The molecule has 0 aliphatic carbocycles. The molecule has 2 rings (SSSR count). The van der Waals surface area contributed by atoms with E-state index in [-0.39, 0.29) is 17.6 Å². The standard InChI is InChI=1S/C16H17BrFNO/c1-11(9-12-5-7-14(18)8-6-12)19-10-13-3-2-4-15(17)16(13)20/h2-8,11,19-20H,9-10H2,1H3. The minimum Gasteiger partial charge on any atom is -0.506 e. The SMILES string of the molecule is CC(Cc1ccc(F)cc1)NCc1cccc(Br)c1O. The number of aromatic hydroxyl groups is 1. The number of rotatable bonds is 5. The Morgan fingerprint density at radius 2 is 1.90 bits per heavy atom. The fourth-order valence-electron chi connectivity index (χ4n) is 2.03. The summed E-state index contributed by atoms with van der Waals surface area (Å²) < 4.78 is 13.5. The van der Waals surface area contributed by atoms with E-state index < -0.39 is 0 Å². The van der Waals surface area contributed by atoms with E-state index in [2.05, 4.69) is 28.2 Å². The van der Waals surface area contributed by atoms with Crippen molar-refractivity contribution in [1.29, 1.82) is 0 Å². The van der Waals surface area contributed by atoms with Crippen LogP contribution in [0.2, 0.25) is 0 Å². The van der Waals surface area contributed by atoms with E-state index >= 15 is 0 Å². The fraction of sp³-hybridized carbons (Fsp3) is 0.250. The van der Waals surface area contributed by atoms with Gasteiger partial charge in [-0.15, -0.1) is 0 Å². The van der Waals surface area contributed by atoms with Gasteiger partial charge in [0.1, 0.15) is 11.6 Å². The van der Waals surface area contributed by atoms with Gasteiger partial charge in [0.05, 0.1) is 4.47 Å². The normalized spacial score (nSPS) is 12.3. The van der Waals surface area contributed by atoms with Crippen molar-refractivity contribution < 1.29 is 9.50 Å². The lowest BCUT2D eigenvalue weighted by atomic mass is 10.1. The Kier molecular flexibility index (Phi) is 5.15. The van der Waals surface area contributed by atoms with Crippen LogP contribution >= 0.6 is 15.9 Å². The summed E-state index contributed by atoms with van der Waals surface area (Å²) in [6, 6.07) is 12.4. The second-order valence-corrected chi connectivity index (χ2v) is 5.71. The second kappa shape index (κ2) is 6.86. The van der Waals surface area contributed by atoms with Crippen LogP contribution in [0.5, 0.6) is 5.75 Å². The zero-order valence-electron chi connectivity index (χ0n) is 11.2. The molecule has 0 amide bonds.